The molecular weight excluding hydrogens is 372 g/mol. The van der Waals surface area contributed by atoms with Crippen LogP contribution in [0.15, 0.2) is 72.8 Å². The number of carbonyl (C=O) groups is 2. The van der Waals surface area contributed by atoms with Crippen molar-refractivity contribution >= 4 is 23.4 Å². The van der Waals surface area contributed by atoms with Gasteiger partial charge in [-0.1, -0.05) is 62.7 Å². The van der Waals surface area contributed by atoms with E-state index in [2.05, 4.69) is 0 Å². The minimum absolute atomic E-state index is 0.0779. The number of benzene rings is 3. The van der Waals surface area contributed by atoms with Crippen LogP contribution in [0.3, 0.4) is 0 Å². The maximum atomic E-state index is 12.4. The van der Waals surface area contributed by atoms with Crippen LogP contribution in [-0.2, 0) is 6.42 Å². The molecule has 0 spiro atoms. The fourth-order valence-corrected chi connectivity index (χ4v) is 2.83. The number of carbonyl (C=O) groups excluding carboxylic acids is 2. The molecular formula is C24H23ClO3. The van der Waals surface area contributed by atoms with Crippen molar-refractivity contribution in [3.63, 3.8) is 0 Å². The first-order valence-electron chi connectivity index (χ1n) is 9.28. The summed E-state index contributed by atoms with van der Waals surface area (Å²) in [5, 5.41) is 0.500. The zero-order chi connectivity index (χ0) is 20.5. The molecule has 3 aromatic rings. The predicted molar refractivity (Wildman–Crippen MR) is 113 cm³/mol. The summed E-state index contributed by atoms with van der Waals surface area (Å²) in [6.07, 6.45) is 0.775. The summed E-state index contributed by atoms with van der Waals surface area (Å²) < 4.78 is 5.39. The molecule has 0 amide bonds. The molecule has 0 aliphatic rings. The molecule has 3 nitrogen and oxygen atoms in total. The highest BCUT2D eigenvalue weighted by molar-refractivity contribution is 6.31. The lowest BCUT2D eigenvalue weighted by Crippen LogP contribution is -2.09. The van der Waals surface area contributed by atoms with Crippen molar-refractivity contribution in [3.8, 4) is 5.75 Å². The average molecular weight is 395 g/mol. The van der Waals surface area contributed by atoms with Gasteiger partial charge >= 0.3 is 5.97 Å². The summed E-state index contributed by atoms with van der Waals surface area (Å²) >= 11 is 6.04. The highest BCUT2D eigenvalue weighted by atomic mass is 35.5. The number of esters is 1. The van der Waals surface area contributed by atoms with Crippen molar-refractivity contribution in [2.24, 2.45) is 0 Å². The molecule has 0 saturated carbocycles. The van der Waals surface area contributed by atoms with Gasteiger partial charge in [0.2, 0.25) is 0 Å². The maximum Gasteiger partial charge on any atom is 0.343 e. The normalized spacial score (nSPS) is 9.86. The summed E-state index contributed by atoms with van der Waals surface area (Å²) in [5.74, 6) is -0.187. The van der Waals surface area contributed by atoms with Crippen molar-refractivity contribution in [1.29, 1.82) is 0 Å². The third kappa shape index (κ3) is 5.54. The molecule has 0 heterocycles. The summed E-state index contributed by atoms with van der Waals surface area (Å²) in [5.41, 5.74) is 2.52. The second kappa shape index (κ2) is 10.4. The van der Waals surface area contributed by atoms with Crippen LogP contribution in [0.5, 0.6) is 5.75 Å². The van der Waals surface area contributed by atoms with E-state index in [4.69, 9.17) is 16.3 Å². The van der Waals surface area contributed by atoms with Crippen LogP contribution in [0.4, 0.5) is 0 Å². The van der Waals surface area contributed by atoms with Gasteiger partial charge in [0.05, 0.1) is 5.56 Å². The topological polar surface area (TPSA) is 43.4 Å². The minimum Gasteiger partial charge on any atom is -0.423 e. The van der Waals surface area contributed by atoms with Crippen LogP contribution in [0.2, 0.25) is 5.02 Å². The molecule has 28 heavy (non-hydrogen) atoms. The molecule has 0 bridgehead atoms. The Labute approximate surface area is 170 Å². The highest BCUT2D eigenvalue weighted by Gasteiger charge is 2.12. The molecule has 0 unspecified atom stereocenters. The van der Waals surface area contributed by atoms with Gasteiger partial charge in [0.1, 0.15) is 5.75 Å². The summed E-state index contributed by atoms with van der Waals surface area (Å²) in [4.78, 5) is 24.7. The Hall–Kier alpha value is -2.91. The quantitative estimate of drug-likeness (QED) is 0.286. The van der Waals surface area contributed by atoms with E-state index in [0.29, 0.717) is 27.5 Å². The van der Waals surface area contributed by atoms with E-state index in [1.165, 1.54) is 0 Å². The van der Waals surface area contributed by atoms with Crippen LogP contribution in [-0.4, -0.2) is 11.8 Å². The monoisotopic (exact) mass is 394 g/mol. The number of rotatable bonds is 5. The molecule has 3 aromatic carbocycles. The van der Waals surface area contributed by atoms with Crippen LogP contribution >= 0.6 is 11.6 Å². The number of hydrogen-bond donors (Lipinski definition) is 0. The van der Waals surface area contributed by atoms with Crippen LogP contribution < -0.4 is 4.74 Å². The molecule has 0 aromatic heterocycles. The largest absolute Gasteiger partial charge is 0.423 e. The first kappa shape index (κ1) is 21.4. The number of hydrogen-bond acceptors (Lipinski definition) is 3. The molecule has 0 atom stereocenters. The molecule has 144 valence electrons. The smallest absolute Gasteiger partial charge is 0.343 e. The molecule has 0 N–H and O–H groups in total. The van der Waals surface area contributed by atoms with E-state index in [9.17, 15) is 9.59 Å². The van der Waals surface area contributed by atoms with Gasteiger partial charge in [0.15, 0.2) is 5.78 Å². The van der Waals surface area contributed by atoms with E-state index < -0.39 is 5.97 Å². The Morgan fingerprint density at radius 1 is 0.821 bits per heavy atom. The van der Waals surface area contributed by atoms with Crippen molar-refractivity contribution in [2.45, 2.75) is 27.2 Å². The number of ether oxygens (including phenoxy) is 1. The summed E-state index contributed by atoms with van der Waals surface area (Å²) in [7, 11) is 0. The highest BCUT2D eigenvalue weighted by Crippen LogP contribution is 2.20. The molecule has 0 fully saturated rings. The standard InChI is InChI=1S/C22H17ClO3.C2H6/c1-2-15-12-18(14-19(23)13-15)22(25)26-20-10-8-17(9-11-20)21(24)16-6-4-3-5-7-16;1-2/h3-14H,2H2,1H3;1-2H3. The van der Waals surface area contributed by atoms with Gasteiger partial charge in [0, 0.05) is 16.1 Å². The Kier molecular flexibility index (Phi) is 7.97. The molecule has 0 radical (unpaired) electrons. The number of halogens is 1. The van der Waals surface area contributed by atoms with E-state index in [1.54, 1.807) is 48.5 Å². The molecule has 0 aliphatic carbocycles. The lowest BCUT2D eigenvalue weighted by atomic mass is 10.0. The SMILES string of the molecule is CC.CCc1cc(Cl)cc(C(=O)Oc2ccc(C(=O)c3ccccc3)cc2)c1. The minimum atomic E-state index is -0.482. The lowest BCUT2D eigenvalue weighted by molar-refractivity contribution is 0.0734. The van der Waals surface area contributed by atoms with Gasteiger partial charge in [-0.25, -0.2) is 4.79 Å². The van der Waals surface area contributed by atoms with E-state index in [-0.39, 0.29) is 5.78 Å². The van der Waals surface area contributed by atoms with E-state index in [1.807, 2.05) is 45.0 Å². The fourth-order valence-electron chi connectivity index (χ4n) is 2.57. The van der Waals surface area contributed by atoms with Crippen molar-refractivity contribution < 1.29 is 14.3 Å². The van der Waals surface area contributed by atoms with Gasteiger partial charge in [-0.2, -0.15) is 0 Å². The van der Waals surface area contributed by atoms with Gasteiger partial charge in [-0.3, -0.25) is 4.79 Å². The fraction of sp³-hybridized carbons (Fsp3) is 0.167. The second-order valence-corrected chi connectivity index (χ2v) is 6.25. The molecule has 3 rings (SSSR count). The van der Waals surface area contributed by atoms with Gasteiger partial charge in [-0.15, -0.1) is 0 Å². The third-order valence-electron chi connectivity index (χ3n) is 3.96. The summed E-state index contributed by atoms with van der Waals surface area (Å²) in [6.45, 7) is 5.99. The first-order chi connectivity index (χ1) is 13.6. The van der Waals surface area contributed by atoms with Crippen molar-refractivity contribution in [2.75, 3.05) is 0 Å². The first-order valence-corrected chi connectivity index (χ1v) is 9.66. The maximum absolute atomic E-state index is 12.4. The van der Waals surface area contributed by atoms with Crippen molar-refractivity contribution in [3.05, 3.63) is 100 Å². The summed E-state index contributed by atoms with van der Waals surface area (Å²) in [6, 6.07) is 20.7. The Balaban J connectivity index is 0.00000136. The number of ketones is 1. The third-order valence-corrected chi connectivity index (χ3v) is 4.18. The van der Waals surface area contributed by atoms with Gasteiger partial charge in [-0.05, 0) is 54.4 Å². The Morgan fingerprint density at radius 2 is 1.43 bits per heavy atom. The van der Waals surface area contributed by atoms with Crippen LogP contribution in [0, 0.1) is 0 Å². The molecule has 4 heteroatoms. The van der Waals surface area contributed by atoms with Gasteiger partial charge < -0.3 is 4.74 Å². The van der Waals surface area contributed by atoms with E-state index in [0.717, 1.165) is 12.0 Å². The zero-order valence-electron chi connectivity index (χ0n) is 16.2. The second-order valence-electron chi connectivity index (χ2n) is 5.81. The van der Waals surface area contributed by atoms with E-state index >= 15 is 0 Å². The van der Waals surface area contributed by atoms with Crippen LogP contribution in [0.1, 0.15) is 52.6 Å². The average Bonchev–Trinajstić information content (AvgIpc) is 2.75. The zero-order valence-corrected chi connectivity index (χ0v) is 17.0. The number of aryl methyl sites for hydroxylation is 1. The van der Waals surface area contributed by atoms with Crippen molar-refractivity contribution in [1.82, 2.24) is 0 Å². The lowest BCUT2D eigenvalue weighted by Gasteiger charge is -2.07. The predicted octanol–water partition coefficient (Wildman–Crippen LogP) is 6.38. The van der Waals surface area contributed by atoms with Crippen LogP contribution in [0.25, 0.3) is 0 Å². The molecule has 0 saturated heterocycles. The molecule has 0 aliphatic heterocycles. The van der Waals surface area contributed by atoms with Gasteiger partial charge in [0.25, 0.3) is 0 Å². The Bertz CT molecular complexity index is 932. The Morgan fingerprint density at radius 3 is 2.04 bits per heavy atom.